The van der Waals surface area contributed by atoms with E-state index in [1.807, 2.05) is 92.1 Å². The molecule has 1 heterocycles. The van der Waals surface area contributed by atoms with Crippen LogP contribution in [-0.4, -0.2) is 32.3 Å². The molecule has 0 saturated heterocycles. The van der Waals surface area contributed by atoms with E-state index in [2.05, 4.69) is 20.8 Å². The van der Waals surface area contributed by atoms with Gasteiger partial charge in [-0.25, -0.2) is 0 Å². The van der Waals surface area contributed by atoms with E-state index in [1.165, 1.54) is 11.8 Å². The number of aryl methyl sites for hydroxylation is 3. The van der Waals surface area contributed by atoms with Crippen LogP contribution in [0.4, 0.5) is 5.69 Å². The van der Waals surface area contributed by atoms with Gasteiger partial charge in [0.2, 0.25) is 5.91 Å². The fraction of sp³-hybridized carbons (Fsp3) is 0.185. The number of carbonyl (C=O) groups is 2. The fourth-order valence-corrected chi connectivity index (χ4v) is 4.35. The molecular weight excluding hydrogens is 458 g/mol. The van der Waals surface area contributed by atoms with Crippen molar-refractivity contribution in [1.82, 2.24) is 20.1 Å². The van der Waals surface area contributed by atoms with Crippen molar-refractivity contribution in [2.24, 2.45) is 0 Å². The maximum Gasteiger partial charge on any atom is 0.251 e. The van der Waals surface area contributed by atoms with Crippen LogP contribution in [0.15, 0.2) is 78.0 Å². The van der Waals surface area contributed by atoms with Gasteiger partial charge in [0, 0.05) is 16.9 Å². The SMILES string of the molecule is Cc1cccc(C(=O)NCc2nnc(SCC(=O)Nc3cc(C)ccc3C)n2-c2ccccc2)c1. The summed E-state index contributed by atoms with van der Waals surface area (Å²) in [6.07, 6.45) is 0. The van der Waals surface area contributed by atoms with Crippen LogP contribution >= 0.6 is 11.8 Å². The van der Waals surface area contributed by atoms with Gasteiger partial charge < -0.3 is 10.6 Å². The van der Waals surface area contributed by atoms with Crippen molar-refractivity contribution in [3.05, 3.63) is 101 Å². The van der Waals surface area contributed by atoms with E-state index in [9.17, 15) is 9.59 Å². The van der Waals surface area contributed by atoms with Crippen molar-refractivity contribution in [2.75, 3.05) is 11.1 Å². The minimum atomic E-state index is -0.182. The topological polar surface area (TPSA) is 88.9 Å². The number of para-hydroxylation sites is 1. The molecule has 0 unspecified atom stereocenters. The van der Waals surface area contributed by atoms with E-state index in [4.69, 9.17) is 0 Å². The Balaban J connectivity index is 1.49. The second kappa shape index (κ2) is 11.0. The predicted octanol–water partition coefficient (Wildman–Crippen LogP) is 4.85. The first-order valence-corrected chi connectivity index (χ1v) is 12.2. The number of hydrogen-bond donors (Lipinski definition) is 2. The smallest absolute Gasteiger partial charge is 0.251 e. The van der Waals surface area contributed by atoms with Gasteiger partial charge in [-0.1, -0.05) is 59.8 Å². The molecule has 8 heteroatoms. The molecule has 0 aliphatic heterocycles. The monoisotopic (exact) mass is 485 g/mol. The minimum absolute atomic E-state index is 0.124. The van der Waals surface area contributed by atoms with Crippen LogP contribution in [0.1, 0.15) is 32.9 Å². The number of nitrogens with zero attached hydrogens (tertiary/aromatic N) is 3. The minimum Gasteiger partial charge on any atom is -0.345 e. The van der Waals surface area contributed by atoms with Crippen molar-refractivity contribution in [3.63, 3.8) is 0 Å². The molecule has 2 amide bonds. The molecule has 0 fully saturated rings. The summed E-state index contributed by atoms with van der Waals surface area (Å²) in [5.74, 6) is 0.447. The van der Waals surface area contributed by atoms with Gasteiger partial charge >= 0.3 is 0 Å². The van der Waals surface area contributed by atoms with Gasteiger partial charge in [0.1, 0.15) is 0 Å². The lowest BCUT2D eigenvalue weighted by Gasteiger charge is -2.12. The molecule has 0 atom stereocenters. The normalized spacial score (nSPS) is 10.7. The first kappa shape index (κ1) is 24.2. The summed E-state index contributed by atoms with van der Waals surface area (Å²) in [6, 6.07) is 23.0. The van der Waals surface area contributed by atoms with E-state index in [0.717, 1.165) is 28.1 Å². The third-order valence-corrected chi connectivity index (χ3v) is 6.33. The van der Waals surface area contributed by atoms with Gasteiger partial charge in [-0.05, 0) is 62.2 Å². The number of benzene rings is 3. The molecule has 0 aliphatic rings. The third kappa shape index (κ3) is 6.16. The Morgan fingerprint density at radius 3 is 2.43 bits per heavy atom. The molecule has 1 aromatic heterocycles. The largest absolute Gasteiger partial charge is 0.345 e. The molecule has 2 N–H and O–H groups in total. The number of thioether (sulfide) groups is 1. The second-order valence-electron chi connectivity index (χ2n) is 8.28. The number of nitrogens with one attached hydrogen (secondary N) is 2. The molecule has 178 valence electrons. The Labute approximate surface area is 209 Å². The summed E-state index contributed by atoms with van der Waals surface area (Å²) in [6.45, 7) is 6.10. The summed E-state index contributed by atoms with van der Waals surface area (Å²) in [7, 11) is 0. The molecule has 4 rings (SSSR count). The molecular formula is C27H27N5O2S. The third-order valence-electron chi connectivity index (χ3n) is 5.40. The highest BCUT2D eigenvalue weighted by atomic mass is 32.2. The van der Waals surface area contributed by atoms with Gasteiger partial charge in [-0.2, -0.15) is 0 Å². The fourth-order valence-electron chi connectivity index (χ4n) is 3.58. The molecule has 0 spiro atoms. The highest BCUT2D eigenvalue weighted by Crippen LogP contribution is 2.23. The average Bonchev–Trinajstić information content (AvgIpc) is 3.27. The van der Waals surface area contributed by atoms with Crippen molar-refractivity contribution in [1.29, 1.82) is 0 Å². The molecule has 7 nitrogen and oxygen atoms in total. The van der Waals surface area contributed by atoms with Gasteiger partial charge in [-0.15, -0.1) is 10.2 Å². The zero-order valence-corrected chi connectivity index (χ0v) is 20.7. The molecule has 0 saturated carbocycles. The zero-order chi connectivity index (χ0) is 24.8. The van der Waals surface area contributed by atoms with E-state index >= 15 is 0 Å². The summed E-state index contributed by atoms with van der Waals surface area (Å²) in [5.41, 5.74) is 5.36. The highest BCUT2D eigenvalue weighted by molar-refractivity contribution is 7.99. The quantitative estimate of drug-likeness (QED) is 0.348. The van der Waals surface area contributed by atoms with E-state index < -0.39 is 0 Å². The van der Waals surface area contributed by atoms with Crippen LogP contribution in [0, 0.1) is 20.8 Å². The first-order valence-electron chi connectivity index (χ1n) is 11.2. The lowest BCUT2D eigenvalue weighted by molar-refractivity contribution is -0.113. The van der Waals surface area contributed by atoms with Crippen LogP contribution < -0.4 is 10.6 Å². The summed E-state index contributed by atoms with van der Waals surface area (Å²) in [4.78, 5) is 25.3. The summed E-state index contributed by atoms with van der Waals surface area (Å²) < 4.78 is 1.87. The predicted molar refractivity (Wildman–Crippen MR) is 139 cm³/mol. The first-order chi connectivity index (χ1) is 16.9. The molecule has 0 radical (unpaired) electrons. The Hall–Kier alpha value is -3.91. The Bertz CT molecular complexity index is 1350. The number of anilines is 1. The van der Waals surface area contributed by atoms with Crippen molar-refractivity contribution in [3.8, 4) is 5.69 Å². The van der Waals surface area contributed by atoms with Gasteiger partial charge in [0.05, 0.1) is 12.3 Å². The number of rotatable bonds is 8. The van der Waals surface area contributed by atoms with Crippen LogP contribution in [0.3, 0.4) is 0 Å². The number of hydrogen-bond acceptors (Lipinski definition) is 5. The number of aromatic nitrogens is 3. The summed E-state index contributed by atoms with van der Waals surface area (Å²) >= 11 is 1.30. The number of amides is 2. The Kier molecular flexibility index (Phi) is 7.62. The summed E-state index contributed by atoms with van der Waals surface area (Å²) in [5, 5.41) is 15.1. The molecule has 35 heavy (non-hydrogen) atoms. The Morgan fingerprint density at radius 2 is 1.66 bits per heavy atom. The van der Waals surface area contributed by atoms with Gasteiger partial charge in [0.25, 0.3) is 5.91 Å². The average molecular weight is 486 g/mol. The van der Waals surface area contributed by atoms with Crippen LogP contribution in [-0.2, 0) is 11.3 Å². The Morgan fingerprint density at radius 1 is 0.886 bits per heavy atom. The van der Waals surface area contributed by atoms with E-state index in [1.54, 1.807) is 6.07 Å². The molecule has 3 aromatic carbocycles. The van der Waals surface area contributed by atoms with Crippen molar-refractivity contribution in [2.45, 2.75) is 32.5 Å². The van der Waals surface area contributed by atoms with Gasteiger partial charge in [0.15, 0.2) is 11.0 Å². The van der Waals surface area contributed by atoms with Crippen LogP contribution in [0.2, 0.25) is 0 Å². The van der Waals surface area contributed by atoms with Crippen molar-refractivity contribution < 1.29 is 9.59 Å². The molecule has 0 aliphatic carbocycles. The zero-order valence-electron chi connectivity index (χ0n) is 19.9. The van der Waals surface area contributed by atoms with Gasteiger partial charge in [-0.3, -0.25) is 14.2 Å². The highest BCUT2D eigenvalue weighted by Gasteiger charge is 2.17. The van der Waals surface area contributed by atoms with Crippen LogP contribution in [0.5, 0.6) is 0 Å². The van der Waals surface area contributed by atoms with E-state index in [0.29, 0.717) is 16.5 Å². The van der Waals surface area contributed by atoms with E-state index in [-0.39, 0.29) is 24.1 Å². The maximum absolute atomic E-state index is 12.7. The molecule has 4 aromatic rings. The number of carbonyl (C=O) groups excluding carboxylic acids is 2. The van der Waals surface area contributed by atoms with Crippen LogP contribution in [0.25, 0.3) is 5.69 Å². The maximum atomic E-state index is 12.7. The molecule has 0 bridgehead atoms. The van der Waals surface area contributed by atoms with Crippen molar-refractivity contribution >= 4 is 29.3 Å². The standard InChI is InChI=1S/C27H27N5O2S/c1-18-8-7-9-21(14-18)26(34)28-16-24-30-31-27(32(24)22-10-5-4-6-11-22)35-17-25(33)29-23-15-19(2)12-13-20(23)3/h4-15H,16-17H2,1-3H3,(H,28,34)(H,29,33). The lowest BCUT2D eigenvalue weighted by atomic mass is 10.1. The lowest BCUT2D eigenvalue weighted by Crippen LogP contribution is -2.24. The second-order valence-corrected chi connectivity index (χ2v) is 9.22.